The van der Waals surface area contributed by atoms with Gasteiger partial charge in [0, 0.05) is 19.6 Å². The molecule has 1 aromatic carbocycles. The number of rotatable bonds is 6. The second-order valence-corrected chi connectivity index (χ2v) is 7.57. The molecule has 0 bridgehead atoms. The van der Waals surface area contributed by atoms with Crippen molar-refractivity contribution in [3.05, 3.63) is 23.3 Å². The van der Waals surface area contributed by atoms with Gasteiger partial charge in [-0.2, -0.15) is 0 Å². The molecule has 2 aliphatic rings. The molecule has 26 heavy (non-hydrogen) atoms. The number of hydrogen-bond donors (Lipinski definition) is 1. The number of carbonyl (C=O) groups excluding carboxylic acids is 2. The summed E-state index contributed by atoms with van der Waals surface area (Å²) in [7, 11) is 3.24. The molecule has 1 aliphatic carbocycles. The van der Waals surface area contributed by atoms with Crippen LogP contribution in [0.25, 0.3) is 0 Å². The maximum absolute atomic E-state index is 12.8. The van der Waals surface area contributed by atoms with Crippen LogP contribution >= 0.6 is 0 Å². The van der Waals surface area contributed by atoms with E-state index in [9.17, 15) is 9.59 Å². The predicted octanol–water partition coefficient (Wildman–Crippen LogP) is 2.00. The quantitative estimate of drug-likeness (QED) is 0.843. The number of amides is 2. The monoisotopic (exact) mass is 360 g/mol. The molecule has 6 nitrogen and oxygen atoms in total. The van der Waals surface area contributed by atoms with Gasteiger partial charge < -0.3 is 19.7 Å². The summed E-state index contributed by atoms with van der Waals surface area (Å²) in [5.74, 6) is 1.60. The van der Waals surface area contributed by atoms with Gasteiger partial charge in [-0.05, 0) is 42.0 Å². The molecule has 0 saturated heterocycles. The van der Waals surface area contributed by atoms with E-state index >= 15 is 0 Å². The molecule has 1 fully saturated rings. The van der Waals surface area contributed by atoms with Crippen molar-refractivity contribution in [1.29, 1.82) is 0 Å². The van der Waals surface area contributed by atoms with Gasteiger partial charge >= 0.3 is 0 Å². The van der Waals surface area contributed by atoms with E-state index in [4.69, 9.17) is 9.47 Å². The first kappa shape index (κ1) is 18.5. The number of carbonyl (C=O) groups is 2. The zero-order valence-electron chi connectivity index (χ0n) is 16.0. The molecule has 1 saturated carbocycles. The minimum Gasteiger partial charge on any atom is -0.493 e. The van der Waals surface area contributed by atoms with Gasteiger partial charge in [-0.25, -0.2) is 0 Å². The highest BCUT2D eigenvalue weighted by Gasteiger charge is 2.49. The van der Waals surface area contributed by atoms with E-state index in [1.54, 1.807) is 14.2 Å². The SMILES string of the molecule is COc1cc2c(cc1OC)CN(C(=O)C1CC1C(=O)NCC(C)C)CC2. The number of benzene rings is 1. The molecule has 2 amide bonds. The zero-order chi connectivity index (χ0) is 18.8. The Balaban J connectivity index is 1.62. The van der Waals surface area contributed by atoms with Gasteiger partial charge in [-0.15, -0.1) is 0 Å². The van der Waals surface area contributed by atoms with Crippen molar-refractivity contribution in [3.63, 3.8) is 0 Å². The summed E-state index contributed by atoms with van der Waals surface area (Å²) in [4.78, 5) is 26.8. The van der Waals surface area contributed by atoms with Crippen molar-refractivity contribution < 1.29 is 19.1 Å². The van der Waals surface area contributed by atoms with Gasteiger partial charge in [0.25, 0.3) is 0 Å². The number of hydrogen-bond acceptors (Lipinski definition) is 4. The van der Waals surface area contributed by atoms with E-state index in [1.165, 1.54) is 5.56 Å². The average molecular weight is 360 g/mol. The van der Waals surface area contributed by atoms with Gasteiger partial charge in [0.15, 0.2) is 11.5 Å². The third kappa shape index (κ3) is 3.79. The number of fused-ring (bicyclic) bond motifs is 1. The summed E-state index contributed by atoms with van der Waals surface area (Å²) >= 11 is 0. The van der Waals surface area contributed by atoms with Gasteiger partial charge in [0.2, 0.25) is 11.8 Å². The van der Waals surface area contributed by atoms with Crippen molar-refractivity contribution in [2.24, 2.45) is 17.8 Å². The summed E-state index contributed by atoms with van der Waals surface area (Å²) in [6.45, 7) is 6.02. The minimum atomic E-state index is -0.163. The lowest BCUT2D eigenvalue weighted by Gasteiger charge is -2.30. The molecule has 142 valence electrons. The topological polar surface area (TPSA) is 67.9 Å². The lowest BCUT2D eigenvalue weighted by molar-refractivity contribution is -0.135. The number of nitrogens with zero attached hydrogens (tertiary/aromatic N) is 1. The molecule has 2 unspecified atom stereocenters. The van der Waals surface area contributed by atoms with Gasteiger partial charge in [0.1, 0.15) is 0 Å². The number of ether oxygens (including phenoxy) is 2. The number of methoxy groups -OCH3 is 2. The first-order valence-electron chi connectivity index (χ1n) is 9.24. The highest BCUT2D eigenvalue weighted by atomic mass is 16.5. The Morgan fingerprint density at radius 3 is 2.42 bits per heavy atom. The lowest BCUT2D eigenvalue weighted by Crippen LogP contribution is -2.38. The Hall–Kier alpha value is -2.24. The van der Waals surface area contributed by atoms with Crippen molar-refractivity contribution in [1.82, 2.24) is 10.2 Å². The minimum absolute atomic E-state index is 0.0147. The zero-order valence-corrected chi connectivity index (χ0v) is 16.0. The first-order valence-corrected chi connectivity index (χ1v) is 9.24. The first-order chi connectivity index (χ1) is 12.4. The largest absolute Gasteiger partial charge is 0.493 e. The molecule has 0 spiro atoms. The maximum atomic E-state index is 12.8. The Morgan fingerprint density at radius 1 is 1.15 bits per heavy atom. The van der Waals surface area contributed by atoms with Gasteiger partial charge in [-0.1, -0.05) is 13.8 Å². The lowest BCUT2D eigenvalue weighted by atomic mass is 9.98. The van der Waals surface area contributed by atoms with Crippen LogP contribution in [0, 0.1) is 17.8 Å². The van der Waals surface area contributed by atoms with Crippen molar-refractivity contribution in [3.8, 4) is 11.5 Å². The molecular weight excluding hydrogens is 332 g/mol. The van der Waals surface area contributed by atoms with E-state index in [-0.39, 0.29) is 23.7 Å². The van der Waals surface area contributed by atoms with E-state index in [2.05, 4.69) is 19.2 Å². The van der Waals surface area contributed by atoms with Crippen molar-refractivity contribution in [2.75, 3.05) is 27.3 Å². The molecule has 1 N–H and O–H groups in total. The second kappa shape index (κ2) is 7.56. The highest BCUT2D eigenvalue weighted by molar-refractivity contribution is 5.92. The van der Waals surface area contributed by atoms with Crippen LogP contribution in [0.5, 0.6) is 11.5 Å². The predicted molar refractivity (Wildman–Crippen MR) is 98.1 cm³/mol. The molecule has 1 heterocycles. The fraction of sp³-hybridized carbons (Fsp3) is 0.600. The molecule has 3 rings (SSSR count). The van der Waals surface area contributed by atoms with E-state index in [1.807, 2.05) is 17.0 Å². The third-order valence-corrected chi connectivity index (χ3v) is 5.16. The standard InChI is InChI=1S/C20H28N2O4/c1-12(2)10-21-19(23)15-9-16(15)20(24)22-6-5-13-7-17(25-3)18(26-4)8-14(13)11-22/h7-8,12,15-16H,5-6,9-11H2,1-4H3,(H,21,23). The normalized spacial score (nSPS) is 21.2. The Labute approximate surface area is 154 Å². The van der Waals surface area contributed by atoms with Gasteiger partial charge in [-0.3, -0.25) is 9.59 Å². The molecule has 6 heteroatoms. The molecular formula is C20H28N2O4. The van der Waals surface area contributed by atoms with Crippen LogP contribution in [0.15, 0.2) is 12.1 Å². The molecule has 0 aromatic heterocycles. The van der Waals surface area contributed by atoms with E-state index in [0.29, 0.717) is 37.7 Å². The Kier molecular flexibility index (Phi) is 5.39. The van der Waals surface area contributed by atoms with Crippen LogP contribution in [-0.4, -0.2) is 44.0 Å². The Morgan fingerprint density at radius 2 is 1.81 bits per heavy atom. The molecule has 1 aromatic rings. The fourth-order valence-corrected chi connectivity index (χ4v) is 3.50. The molecule has 1 aliphatic heterocycles. The molecule has 0 radical (unpaired) electrons. The third-order valence-electron chi connectivity index (χ3n) is 5.16. The molecule has 2 atom stereocenters. The Bertz CT molecular complexity index is 701. The van der Waals surface area contributed by atoms with Crippen LogP contribution in [-0.2, 0) is 22.6 Å². The van der Waals surface area contributed by atoms with E-state index < -0.39 is 0 Å². The van der Waals surface area contributed by atoms with Gasteiger partial charge in [0.05, 0.1) is 26.1 Å². The average Bonchev–Trinajstić information content (AvgIpc) is 3.44. The second-order valence-electron chi connectivity index (χ2n) is 7.57. The summed E-state index contributed by atoms with van der Waals surface area (Å²) in [6.07, 6.45) is 1.45. The smallest absolute Gasteiger partial charge is 0.226 e. The number of nitrogens with one attached hydrogen (secondary N) is 1. The fourth-order valence-electron chi connectivity index (χ4n) is 3.50. The summed E-state index contributed by atoms with van der Waals surface area (Å²) in [6, 6.07) is 3.95. The summed E-state index contributed by atoms with van der Waals surface area (Å²) < 4.78 is 10.7. The maximum Gasteiger partial charge on any atom is 0.226 e. The van der Waals surface area contributed by atoms with Crippen LogP contribution in [0.2, 0.25) is 0 Å². The highest BCUT2D eigenvalue weighted by Crippen LogP contribution is 2.41. The summed E-state index contributed by atoms with van der Waals surface area (Å²) in [5, 5.41) is 2.94. The summed E-state index contributed by atoms with van der Waals surface area (Å²) in [5.41, 5.74) is 2.28. The van der Waals surface area contributed by atoms with Crippen LogP contribution in [0.1, 0.15) is 31.4 Å². The van der Waals surface area contributed by atoms with Crippen LogP contribution < -0.4 is 14.8 Å². The van der Waals surface area contributed by atoms with Crippen LogP contribution in [0.3, 0.4) is 0 Å². The van der Waals surface area contributed by atoms with Crippen LogP contribution in [0.4, 0.5) is 0 Å². The van der Waals surface area contributed by atoms with Crippen molar-refractivity contribution >= 4 is 11.8 Å². The van der Waals surface area contributed by atoms with E-state index in [0.717, 1.165) is 17.7 Å². The van der Waals surface area contributed by atoms with Crippen molar-refractivity contribution in [2.45, 2.75) is 33.2 Å².